The van der Waals surface area contributed by atoms with Crippen LogP contribution in [0.4, 0.5) is 0 Å². The minimum atomic E-state index is -1.30. The molecule has 0 bridgehead atoms. The number of hydrogen-bond acceptors (Lipinski definition) is 3. The van der Waals surface area contributed by atoms with E-state index in [1.165, 1.54) is 6.07 Å². The Balaban J connectivity index is 3.22. The molecule has 0 fully saturated rings. The molecule has 5 nitrogen and oxygen atoms in total. The van der Waals surface area contributed by atoms with Gasteiger partial charge in [-0.15, -0.1) is 0 Å². The summed E-state index contributed by atoms with van der Waals surface area (Å²) in [6, 6.07) is 2.44. The second-order valence-electron chi connectivity index (χ2n) is 3.42. The predicted molar refractivity (Wildman–Crippen MR) is 65.8 cm³/mol. The topological polar surface area (TPSA) is 83.8 Å². The Morgan fingerprint density at radius 1 is 1.33 bits per heavy atom. The van der Waals surface area contributed by atoms with E-state index in [1.807, 2.05) is 0 Å². The molecule has 0 amide bonds. The Morgan fingerprint density at radius 2 is 1.94 bits per heavy atom. The lowest BCUT2D eigenvalue weighted by molar-refractivity contribution is -0.145. The summed E-state index contributed by atoms with van der Waals surface area (Å²) in [6.07, 6.45) is -0.991. The quantitative estimate of drug-likeness (QED) is 0.872. The molecule has 0 aliphatic heterocycles. The van der Waals surface area contributed by atoms with Gasteiger partial charge in [0.05, 0.1) is 5.02 Å². The van der Waals surface area contributed by atoms with Gasteiger partial charge in [-0.2, -0.15) is 0 Å². The number of aliphatic carboxylic acids is 1. The van der Waals surface area contributed by atoms with Gasteiger partial charge in [0.2, 0.25) is 0 Å². The van der Waals surface area contributed by atoms with Gasteiger partial charge < -0.3 is 14.9 Å². The number of rotatable bonds is 5. The van der Waals surface area contributed by atoms with Crippen LogP contribution in [0.5, 0.6) is 5.75 Å². The molecule has 1 aromatic rings. The van der Waals surface area contributed by atoms with Gasteiger partial charge in [0, 0.05) is 5.02 Å². The number of carboxylic acid groups (broad SMARTS) is 2. The van der Waals surface area contributed by atoms with Crippen LogP contribution < -0.4 is 4.74 Å². The summed E-state index contributed by atoms with van der Waals surface area (Å²) in [5.41, 5.74) is -0.271. The molecule has 18 heavy (non-hydrogen) atoms. The van der Waals surface area contributed by atoms with Crippen molar-refractivity contribution in [3.8, 4) is 5.75 Å². The normalized spacial score (nSPS) is 11.9. The molecule has 1 aromatic carbocycles. The van der Waals surface area contributed by atoms with E-state index in [1.54, 1.807) is 6.92 Å². The fourth-order valence-electron chi connectivity index (χ4n) is 1.29. The Labute approximate surface area is 113 Å². The number of benzene rings is 1. The van der Waals surface area contributed by atoms with Crippen molar-refractivity contribution < 1.29 is 24.5 Å². The zero-order valence-corrected chi connectivity index (χ0v) is 10.8. The molecule has 0 radical (unpaired) electrons. The van der Waals surface area contributed by atoms with Crippen LogP contribution >= 0.6 is 23.2 Å². The fourth-order valence-corrected chi connectivity index (χ4v) is 1.83. The van der Waals surface area contributed by atoms with Crippen LogP contribution in [-0.2, 0) is 4.79 Å². The van der Waals surface area contributed by atoms with Crippen LogP contribution in [0.15, 0.2) is 12.1 Å². The van der Waals surface area contributed by atoms with Crippen molar-refractivity contribution in [2.24, 2.45) is 0 Å². The highest BCUT2D eigenvalue weighted by Crippen LogP contribution is 2.33. The number of carbonyl (C=O) groups is 2. The van der Waals surface area contributed by atoms with Crippen LogP contribution in [0.25, 0.3) is 0 Å². The summed E-state index contributed by atoms with van der Waals surface area (Å²) in [6.45, 7) is 1.60. The number of carboxylic acids is 2. The van der Waals surface area contributed by atoms with E-state index in [0.29, 0.717) is 0 Å². The molecule has 0 spiro atoms. The maximum Gasteiger partial charge on any atom is 0.344 e. The third-order valence-electron chi connectivity index (χ3n) is 2.15. The first-order valence-corrected chi connectivity index (χ1v) is 5.74. The van der Waals surface area contributed by atoms with E-state index < -0.39 is 18.0 Å². The van der Waals surface area contributed by atoms with Crippen LogP contribution in [0, 0.1) is 0 Å². The lowest BCUT2D eigenvalue weighted by atomic mass is 10.2. The maximum absolute atomic E-state index is 11.0. The molecule has 2 N–H and O–H groups in total. The van der Waals surface area contributed by atoms with E-state index in [4.69, 9.17) is 38.2 Å². The third-order valence-corrected chi connectivity index (χ3v) is 2.64. The molecule has 1 unspecified atom stereocenters. The molecule has 0 aromatic heterocycles. The fraction of sp³-hybridized carbons (Fsp3) is 0.273. The molecule has 0 aliphatic carbocycles. The molecule has 0 saturated carbocycles. The zero-order valence-electron chi connectivity index (χ0n) is 9.31. The number of ether oxygens (including phenoxy) is 1. The zero-order chi connectivity index (χ0) is 13.9. The van der Waals surface area contributed by atoms with Gasteiger partial charge in [-0.3, -0.25) is 0 Å². The minimum Gasteiger partial charge on any atom is -0.479 e. The average molecular weight is 293 g/mol. The molecule has 0 aliphatic rings. The summed E-state index contributed by atoms with van der Waals surface area (Å²) in [5.74, 6) is -2.68. The van der Waals surface area contributed by atoms with Crippen molar-refractivity contribution in [3.05, 3.63) is 27.7 Å². The van der Waals surface area contributed by atoms with E-state index in [-0.39, 0.29) is 27.8 Å². The standard InChI is InChI=1S/C11H10Cl2O5/c1-2-8(11(16)17)18-9-6(10(14)15)3-5(12)4-7(9)13/h3-4,8H,2H2,1H3,(H,14,15)(H,16,17). The van der Waals surface area contributed by atoms with Crippen LogP contribution in [-0.4, -0.2) is 28.3 Å². The molecule has 98 valence electrons. The summed E-state index contributed by atoms with van der Waals surface area (Å²) in [7, 11) is 0. The van der Waals surface area contributed by atoms with E-state index in [9.17, 15) is 9.59 Å². The smallest absolute Gasteiger partial charge is 0.344 e. The first-order chi connectivity index (χ1) is 8.36. The highest BCUT2D eigenvalue weighted by atomic mass is 35.5. The maximum atomic E-state index is 11.0. The van der Waals surface area contributed by atoms with Gasteiger partial charge in [-0.1, -0.05) is 30.1 Å². The number of aromatic carboxylic acids is 1. The van der Waals surface area contributed by atoms with Gasteiger partial charge in [0.1, 0.15) is 5.56 Å². The second-order valence-corrected chi connectivity index (χ2v) is 4.27. The SMILES string of the molecule is CCC(Oc1c(Cl)cc(Cl)cc1C(=O)O)C(=O)O. The lowest BCUT2D eigenvalue weighted by Gasteiger charge is -2.16. The highest BCUT2D eigenvalue weighted by molar-refractivity contribution is 6.36. The third kappa shape index (κ3) is 3.27. The number of hydrogen-bond donors (Lipinski definition) is 2. The van der Waals surface area contributed by atoms with E-state index >= 15 is 0 Å². The molecular weight excluding hydrogens is 283 g/mol. The molecule has 0 saturated heterocycles. The Hall–Kier alpha value is -1.46. The molecule has 1 rings (SSSR count). The largest absolute Gasteiger partial charge is 0.479 e. The minimum absolute atomic E-state index is 0.0420. The molecular formula is C11H10Cl2O5. The Bertz CT molecular complexity index is 487. The van der Waals surface area contributed by atoms with Crippen molar-refractivity contribution >= 4 is 35.1 Å². The van der Waals surface area contributed by atoms with Gasteiger partial charge in [-0.25, -0.2) is 9.59 Å². The predicted octanol–water partition coefficient (Wildman–Crippen LogP) is 2.93. The summed E-state index contributed by atoms with van der Waals surface area (Å²) in [4.78, 5) is 21.9. The monoisotopic (exact) mass is 292 g/mol. The molecule has 7 heteroatoms. The first kappa shape index (κ1) is 14.6. The van der Waals surface area contributed by atoms with Crippen molar-refractivity contribution in [2.45, 2.75) is 19.4 Å². The summed E-state index contributed by atoms with van der Waals surface area (Å²) >= 11 is 11.5. The van der Waals surface area contributed by atoms with Crippen molar-refractivity contribution in [1.29, 1.82) is 0 Å². The second kappa shape index (κ2) is 5.93. The van der Waals surface area contributed by atoms with E-state index in [2.05, 4.69) is 0 Å². The first-order valence-electron chi connectivity index (χ1n) is 4.98. The van der Waals surface area contributed by atoms with Crippen LogP contribution in [0.3, 0.4) is 0 Å². The molecule has 1 atom stereocenters. The average Bonchev–Trinajstić information content (AvgIpc) is 2.26. The van der Waals surface area contributed by atoms with Crippen molar-refractivity contribution in [1.82, 2.24) is 0 Å². The Kier molecular flexibility index (Phi) is 4.81. The molecule has 0 heterocycles. The van der Waals surface area contributed by atoms with Gasteiger partial charge in [-0.05, 0) is 18.6 Å². The summed E-state index contributed by atoms with van der Waals surface area (Å²) < 4.78 is 5.13. The highest BCUT2D eigenvalue weighted by Gasteiger charge is 2.23. The van der Waals surface area contributed by atoms with Crippen LogP contribution in [0.1, 0.15) is 23.7 Å². The van der Waals surface area contributed by atoms with E-state index in [0.717, 1.165) is 6.07 Å². The Morgan fingerprint density at radius 3 is 2.39 bits per heavy atom. The van der Waals surface area contributed by atoms with Crippen molar-refractivity contribution in [3.63, 3.8) is 0 Å². The lowest BCUT2D eigenvalue weighted by Crippen LogP contribution is -2.26. The van der Waals surface area contributed by atoms with Gasteiger partial charge >= 0.3 is 11.9 Å². The van der Waals surface area contributed by atoms with Crippen LogP contribution in [0.2, 0.25) is 10.0 Å². The number of halogens is 2. The van der Waals surface area contributed by atoms with Crippen molar-refractivity contribution in [2.75, 3.05) is 0 Å². The summed E-state index contributed by atoms with van der Waals surface area (Å²) in [5, 5.41) is 18.0. The van der Waals surface area contributed by atoms with Gasteiger partial charge in [0.25, 0.3) is 0 Å². The van der Waals surface area contributed by atoms with Gasteiger partial charge in [0.15, 0.2) is 11.9 Å².